The molecular weight excluding hydrogens is 367 g/mol. The van der Waals surface area contributed by atoms with Crippen molar-refractivity contribution in [2.75, 3.05) is 0 Å². The van der Waals surface area contributed by atoms with E-state index in [4.69, 9.17) is 0 Å². The Labute approximate surface area is 177 Å². The Balaban J connectivity index is 1.67. The van der Waals surface area contributed by atoms with Gasteiger partial charge in [-0.15, -0.1) is 0 Å². The maximum atomic E-state index is 13.6. The summed E-state index contributed by atoms with van der Waals surface area (Å²) in [5.41, 5.74) is 8.75. The summed E-state index contributed by atoms with van der Waals surface area (Å²) in [6.07, 6.45) is 3.94. The summed E-state index contributed by atoms with van der Waals surface area (Å²) in [7, 11) is 0. The summed E-state index contributed by atoms with van der Waals surface area (Å²) in [5.74, 6) is -0.221. The highest BCUT2D eigenvalue weighted by atomic mass is 19.1. The lowest BCUT2D eigenvalue weighted by molar-refractivity contribution is 0.628. The molecule has 0 saturated heterocycles. The largest absolute Gasteiger partial charge is 0.207 e. The maximum absolute atomic E-state index is 13.6. The first-order chi connectivity index (χ1) is 14.7. The molecule has 0 atom stereocenters. The topological polar surface area (TPSA) is 0 Å². The summed E-state index contributed by atoms with van der Waals surface area (Å²) in [6, 6.07) is 32.0. The molecule has 30 heavy (non-hydrogen) atoms. The monoisotopic (exact) mass is 390 g/mol. The van der Waals surface area contributed by atoms with Crippen LogP contribution in [0.15, 0.2) is 116 Å². The molecule has 146 valence electrons. The van der Waals surface area contributed by atoms with Crippen LogP contribution in [0.3, 0.4) is 0 Å². The fraction of sp³-hybridized carbons (Fsp3) is 0.0345. The molecule has 0 bridgehead atoms. The van der Waals surface area contributed by atoms with Crippen molar-refractivity contribution in [1.29, 1.82) is 0 Å². The lowest BCUT2D eigenvalue weighted by Gasteiger charge is -2.09. The van der Waals surface area contributed by atoms with Crippen molar-refractivity contribution in [2.45, 2.75) is 6.92 Å². The molecule has 0 aliphatic carbocycles. The van der Waals surface area contributed by atoms with Crippen molar-refractivity contribution < 1.29 is 4.39 Å². The standard InChI is InChI=1S/C29H23F/c1-3-21(4-2)22-14-16-23(17-15-22)24-8-5-9-25(18-24)26-10-6-11-27(19-26)28-12-7-13-29(30)20-28/h3-20H,1H2,2H3/b21-4+. The van der Waals surface area contributed by atoms with Crippen LogP contribution in [-0.4, -0.2) is 0 Å². The molecule has 0 nitrogen and oxygen atoms in total. The molecule has 4 rings (SSSR count). The Morgan fingerprint density at radius 3 is 1.57 bits per heavy atom. The first kappa shape index (κ1) is 19.6. The zero-order chi connectivity index (χ0) is 20.9. The van der Waals surface area contributed by atoms with Gasteiger partial charge >= 0.3 is 0 Å². The fourth-order valence-electron chi connectivity index (χ4n) is 3.68. The van der Waals surface area contributed by atoms with E-state index in [1.54, 1.807) is 12.1 Å². The van der Waals surface area contributed by atoms with Gasteiger partial charge in [-0.05, 0) is 75.7 Å². The van der Waals surface area contributed by atoms with Crippen LogP contribution in [0.5, 0.6) is 0 Å². The average Bonchev–Trinajstić information content (AvgIpc) is 2.80. The Bertz CT molecular complexity index is 1210. The second-order valence-electron chi connectivity index (χ2n) is 7.20. The van der Waals surface area contributed by atoms with E-state index in [1.165, 1.54) is 11.6 Å². The predicted octanol–water partition coefficient (Wildman–Crippen LogP) is 8.42. The van der Waals surface area contributed by atoms with Crippen LogP contribution < -0.4 is 0 Å². The van der Waals surface area contributed by atoms with Crippen LogP contribution >= 0.6 is 0 Å². The van der Waals surface area contributed by atoms with Crippen LogP contribution in [0.4, 0.5) is 4.39 Å². The minimum Gasteiger partial charge on any atom is -0.207 e. The molecule has 0 heterocycles. The molecule has 0 N–H and O–H groups in total. The molecule has 0 aliphatic rings. The van der Waals surface area contributed by atoms with Crippen molar-refractivity contribution in [3.05, 3.63) is 127 Å². The second-order valence-corrected chi connectivity index (χ2v) is 7.20. The number of rotatable bonds is 5. The van der Waals surface area contributed by atoms with Crippen LogP contribution in [0.1, 0.15) is 12.5 Å². The summed E-state index contributed by atoms with van der Waals surface area (Å²) in [4.78, 5) is 0. The van der Waals surface area contributed by atoms with Gasteiger partial charge in [-0.3, -0.25) is 0 Å². The third kappa shape index (κ3) is 4.16. The smallest absolute Gasteiger partial charge is 0.123 e. The van der Waals surface area contributed by atoms with Gasteiger partial charge in [-0.25, -0.2) is 4.39 Å². The molecular formula is C29H23F. The van der Waals surface area contributed by atoms with E-state index in [2.05, 4.69) is 73.3 Å². The third-order valence-corrected chi connectivity index (χ3v) is 5.30. The summed E-state index contributed by atoms with van der Waals surface area (Å²) >= 11 is 0. The number of halogens is 1. The quantitative estimate of drug-likeness (QED) is 0.300. The van der Waals surface area contributed by atoms with Gasteiger partial charge in [-0.1, -0.05) is 91.5 Å². The highest BCUT2D eigenvalue weighted by molar-refractivity contribution is 5.79. The Hall–Kier alpha value is -3.71. The average molecular weight is 391 g/mol. The molecule has 0 unspecified atom stereocenters. The van der Waals surface area contributed by atoms with Gasteiger partial charge in [0.25, 0.3) is 0 Å². The maximum Gasteiger partial charge on any atom is 0.123 e. The van der Waals surface area contributed by atoms with Crippen LogP contribution in [0.2, 0.25) is 0 Å². The summed E-state index contributed by atoms with van der Waals surface area (Å²) in [6.45, 7) is 5.90. The zero-order valence-corrected chi connectivity index (χ0v) is 17.0. The zero-order valence-electron chi connectivity index (χ0n) is 17.0. The van der Waals surface area contributed by atoms with Crippen molar-refractivity contribution in [3.8, 4) is 33.4 Å². The van der Waals surface area contributed by atoms with Gasteiger partial charge in [0.15, 0.2) is 0 Å². The normalized spacial score (nSPS) is 11.3. The Morgan fingerprint density at radius 1 is 0.633 bits per heavy atom. The molecule has 0 fully saturated rings. The minimum absolute atomic E-state index is 0.221. The van der Waals surface area contributed by atoms with E-state index in [9.17, 15) is 4.39 Å². The first-order valence-electron chi connectivity index (χ1n) is 10.0. The fourth-order valence-corrected chi connectivity index (χ4v) is 3.68. The van der Waals surface area contributed by atoms with Crippen LogP contribution in [0, 0.1) is 5.82 Å². The molecule has 0 spiro atoms. The van der Waals surface area contributed by atoms with Gasteiger partial charge in [0.2, 0.25) is 0 Å². The first-order valence-corrected chi connectivity index (χ1v) is 10.0. The lowest BCUT2D eigenvalue weighted by Crippen LogP contribution is -1.85. The number of benzene rings is 4. The van der Waals surface area contributed by atoms with Crippen molar-refractivity contribution in [2.24, 2.45) is 0 Å². The van der Waals surface area contributed by atoms with E-state index < -0.39 is 0 Å². The number of hydrogen-bond donors (Lipinski definition) is 0. The van der Waals surface area contributed by atoms with Gasteiger partial charge < -0.3 is 0 Å². The van der Waals surface area contributed by atoms with Gasteiger partial charge in [0.1, 0.15) is 5.82 Å². The third-order valence-electron chi connectivity index (χ3n) is 5.30. The molecule has 0 amide bonds. The molecule has 0 radical (unpaired) electrons. The van der Waals surface area contributed by atoms with Crippen LogP contribution in [0.25, 0.3) is 39.0 Å². The SMILES string of the molecule is C=C/C(=C\C)c1ccc(-c2cccc(-c3cccc(-c4cccc(F)c4)c3)c2)cc1. The van der Waals surface area contributed by atoms with Crippen LogP contribution in [-0.2, 0) is 0 Å². The van der Waals surface area contributed by atoms with Gasteiger partial charge in [0, 0.05) is 0 Å². The van der Waals surface area contributed by atoms with E-state index in [-0.39, 0.29) is 5.82 Å². The Morgan fingerprint density at radius 2 is 1.10 bits per heavy atom. The molecule has 0 saturated carbocycles. The van der Waals surface area contributed by atoms with Crippen molar-refractivity contribution in [3.63, 3.8) is 0 Å². The highest BCUT2D eigenvalue weighted by Gasteiger charge is 2.05. The molecule has 4 aromatic rings. The lowest BCUT2D eigenvalue weighted by atomic mass is 9.95. The van der Waals surface area contributed by atoms with Crippen molar-refractivity contribution in [1.82, 2.24) is 0 Å². The summed E-state index contributed by atoms with van der Waals surface area (Å²) < 4.78 is 13.6. The molecule has 4 aromatic carbocycles. The molecule has 0 aromatic heterocycles. The number of hydrogen-bond acceptors (Lipinski definition) is 0. The van der Waals surface area contributed by atoms with E-state index in [1.807, 2.05) is 31.2 Å². The minimum atomic E-state index is -0.221. The van der Waals surface area contributed by atoms with E-state index in [0.29, 0.717) is 0 Å². The van der Waals surface area contributed by atoms with E-state index in [0.717, 1.165) is 39.0 Å². The van der Waals surface area contributed by atoms with E-state index >= 15 is 0 Å². The second kappa shape index (κ2) is 8.75. The van der Waals surface area contributed by atoms with Crippen molar-refractivity contribution >= 4 is 5.57 Å². The molecule has 0 aliphatic heterocycles. The Kier molecular flexibility index (Phi) is 5.72. The highest BCUT2D eigenvalue weighted by Crippen LogP contribution is 2.30. The summed E-state index contributed by atoms with van der Waals surface area (Å²) in [5, 5.41) is 0. The van der Waals surface area contributed by atoms with Gasteiger partial charge in [-0.2, -0.15) is 0 Å². The molecule has 1 heteroatoms. The predicted molar refractivity (Wildman–Crippen MR) is 127 cm³/mol. The number of allylic oxidation sites excluding steroid dienone is 3. The van der Waals surface area contributed by atoms with Gasteiger partial charge in [0.05, 0.1) is 0 Å².